The SMILES string of the molecule is COC(=O)[C@]1(NC(=O)c2ccccc2)[C@@H]2CC[C@@H](C2)[C@H]1C(=O)O. The molecule has 2 saturated carbocycles. The molecule has 6 heteroatoms. The van der Waals surface area contributed by atoms with Crippen molar-refractivity contribution in [1.82, 2.24) is 5.32 Å². The molecule has 1 aromatic rings. The number of nitrogens with one attached hydrogen (secondary N) is 1. The van der Waals surface area contributed by atoms with Gasteiger partial charge in [-0.2, -0.15) is 0 Å². The van der Waals surface area contributed by atoms with E-state index in [1.54, 1.807) is 30.3 Å². The highest BCUT2D eigenvalue weighted by Gasteiger charge is 2.66. The van der Waals surface area contributed by atoms with Crippen LogP contribution in [0.3, 0.4) is 0 Å². The fraction of sp³-hybridized carbons (Fsp3) is 0.471. The van der Waals surface area contributed by atoms with Crippen LogP contribution in [-0.4, -0.2) is 35.6 Å². The third-order valence-electron chi connectivity index (χ3n) is 5.22. The summed E-state index contributed by atoms with van der Waals surface area (Å²) in [6, 6.07) is 8.47. The molecule has 0 aliphatic heterocycles. The second-order valence-electron chi connectivity index (χ2n) is 6.27. The number of aliphatic carboxylic acids is 1. The van der Waals surface area contributed by atoms with Crippen molar-refractivity contribution in [2.45, 2.75) is 24.8 Å². The highest BCUT2D eigenvalue weighted by atomic mass is 16.5. The van der Waals surface area contributed by atoms with E-state index in [1.165, 1.54) is 7.11 Å². The maximum Gasteiger partial charge on any atom is 0.332 e. The van der Waals surface area contributed by atoms with Crippen molar-refractivity contribution in [1.29, 1.82) is 0 Å². The van der Waals surface area contributed by atoms with E-state index in [-0.39, 0.29) is 11.8 Å². The predicted molar refractivity (Wildman–Crippen MR) is 80.6 cm³/mol. The lowest BCUT2D eigenvalue weighted by Gasteiger charge is -2.39. The van der Waals surface area contributed by atoms with Crippen molar-refractivity contribution < 1.29 is 24.2 Å². The number of carbonyl (C=O) groups is 3. The van der Waals surface area contributed by atoms with Gasteiger partial charge in [-0.05, 0) is 43.2 Å². The lowest BCUT2D eigenvalue weighted by atomic mass is 9.72. The topological polar surface area (TPSA) is 92.7 Å². The number of benzene rings is 1. The van der Waals surface area contributed by atoms with Crippen LogP contribution in [-0.2, 0) is 14.3 Å². The number of fused-ring (bicyclic) bond motifs is 2. The zero-order valence-electron chi connectivity index (χ0n) is 12.8. The van der Waals surface area contributed by atoms with Crippen LogP contribution in [0.4, 0.5) is 0 Å². The fourth-order valence-corrected chi connectivity index (χ4v) is 4.30. The standard InChI is InChI=1S/C17H19NO5/c1-23-16(22)17(18-14(19)10-5-3-2-4-6-10)12-8-7-11(9-12)13(17)15(20)21/h2-6,11-13H,7-9H2,1H3,(H,18,19)(H,20,21)/t11-,12+,13-,17-/m0/s1. The van der Waals surface area contributed by atoms with Crippen LogP contribution in [0.25, 0.3) is 0 Å². The molecule has 122 valence electrons. The number of hydrogen-bond acceptors (Lipinski definition) is 4. The predicted octanol–water partition coefficient (Wildman–Crippen LogP) is 1.46. The monoisotopic (exact) mass is 317 g/mol. The smallest absolute Gasteiger partial charge is 0.332 e. The van der Waals surface area contributed by atoms with Gasteiger partial charge in [0.05, 0.1) is 13.0 Å². The highest BCUT2D eigenvalue weighted by molar-refractivity contribution is 6.00. The molecular weight excluding hydrogens is 298 g/mol. The molecule has 6 nitrogen and oxygen atoms in total. The van der Waals surface area contributed by atoms with Gasteiger partial charge in [0.25, 0.3) is 5.91 Å². The summed E-state index contributed by atoms with van der Waals surface area (Å²) in [6.45, 7) is 0. The molecule has 0 radical (unpaired) electrons. The first-order chi connectivity index (χ1) is 11.0. The van der Waals surface area contributed by atoms with Crippen molar-refractivity contribution in [2.75, 3.05) is 7.11 Å². The molecule has 0 spiro atoms. The molecule has 2 bridgehead atoms. The van der Waals surface area contributed by atoms with Crippen molar-refractivity contribution in [3.8, 4) is 0 Å². The second kappa shape index (κ2) is 5.68. The van der Waals surface area contributed by atoms with E-state index >= 15 is 0 Å². The van der Waals surface area contributed by atoms with Crippen LogP contribution in [0.5, 0.6) is 0 Å². The first kappa shape index (κ1) is 15.5. The molecule has 0 heterocycles. The van der Waals surface area contributed by atoms with Crippen molar-refractivity contribution in [3.63, 3.8) is 0 Å². The van der Waals surface area contributed by atoms with Crippen LogP contribution < -0.4 is 5.32 Å². The number of methoxy groups -OCH3 is 1. The number of esters is 1. The molecule has 23 heavy (non-hydrogen) atoms. The van der Waals surface area contributed by atoms with Gasteiger partial charge in [0.15, 0.2) is 5.54 Å². The minimum Gasteiger partial charge on any atom is -0.481 e. The summed E-state index contributed by atoms with van der Waals surface area (Å²) >= 11 is 0. The van der Waals surface area contributed by atoms with E-state index in [0.717, 1.165) is 12.8 Å². The molecular formula is C17H19NO5. The van der Waals surface area contributed by atoms with E-state index < -0.39 is 29.3 Å². The van der Waals surface area contributed by atoms with Gasteiger partial charge < -0.3 is 15.2 Å². The Bertz CT molecular complexity index is 644. The zero-order valence-corrected chi connectivity index (χ0v) is 12.8. The number of hydrogen-bond donors (Lipinski definition) is 2. The van der Waals surface area contributed by atoms with Crippen molar-refractivity contribution in [3.05, 3.63) is 35.9 Å². The molecule has 3 rings (SSSR count). The summed E-state index contributed by atoms with van der Waals surface area (Å²) in [5.74, 6) is -3.42. The van der Waals surface area contributed by atoms with Crippen LogP contribution in [0.1, 0.15) is 29.6 Å². The molecule has 2 N–H and O–H groups in total. The quantitative estimate of drug-likeness (QED) is 0.820. The number of carboxylic acid groups (broad SMARTS) is 1. The Morgan fingerprint density at radius 2 is 1.91 bits per heavy atom. The molecule has 1 aromatic carbocycles. The van der Waals surface area contributed by atoms with Gasteiger partial charge in [-0.15, -0.1) is 0 Å². The largest absolute Gasteiger partial charge is 0.481 e. The number of rotatable bonds is 4. The summed E-state index contributed by atoms with van der Waals surface area (Å²) in [5.41, 5.74) is -1.08. The normalized spacial score (nSPS) is 31.6. The van der Waals surface area contributed by atoms with Gasteiger partial charge in [0, 0.05) is 5.56 Å². The van der Waals surface area contributed by atoms with E-state index in [4.69, 9.17) is 4.74 Å². The van der Waals surface area contributed by atoms with Gasteiger partial charge in [-0.25, -0.2) is 4.79 Å². The summed E-state index contributed by atoms with van der Waals surface area (Å²) in [4.78, 5) is 36.9. The lowest BCUT2D eigenvalue weighted by molar-refractivity contribution is -0.162. The van der Waals surface area contributed by atoms with Gasteiger partial charge >= 0.3 is 11.9 Å². The van der Waals surface area contributed by atoms with Gasteiger partial charge in [0.1, 0.15) is 0 Å². The molecule has 2 aliphatic carbocycles. The van der Waals surface area contributed by atoms with E-state index in [2.05, 4.69) is 5.32 Å². The number of amides is 1. The fourth-order valence-electron chi connectivity index (χ4n) is 4.30. The van der Waals surface area contributed by atoms with Crippen molar-refractivity contribution in [2.24, 2.45) is 17.8 Å². The zero-order chi connectivity index (χ0) is 16.6. The highest BCUT2D eigenvalue weighted by Crippen LogP contribution is 2.55. The Labute approximate surface area is 133 Å². The van der Waals surface area contributed by atoms with Gasteiger partial charge in [0.2, 0.25) is 0 Å². The molecule has 4 atom stereocenters. The van der Waals surface area contributed by atoms with Crippen LogP contribution in [0.2, 0.25) is 0 Å². The third-order valence-corrected chi connectivity index (χ3v) is 5.22. The average molecular weight is 317 g/mol. The molecule has 1 amide bonds. The molecule has 0 unspecified atom stereocenters. The lowest BCUT2D eigenvalue weighted by Crippen LogP contribution is -2.64. The summed E-state index contributed by atoms with van der Waals surface area (Å²) in [7, 11) is 1.23. The van der Waals surface area contributed by atoms with Crippen LogP contribution in [0, 0.1) is 17.8 Å². The molecule has 2 fully saturated rings. The van der Waals surface area contributed by atoms with Crippen LogP contribution >= 0.6 is 0 Å². The molecule has 0 saturated heterocycles. The maximum atomic E-state index is 12.6. The van der Waals surface area contributed by atoms with Crippen molar-refractivity contribution >= 4 is 17.8 Å². The molecule has 2 aliphatic rings. The first-order valence-corrected chi connectivity index (χ1v) is 7.69. The minimum atomic E-state index is -1.48. The summed E-state index contributed by atoms with van der Waals surface area (Å²) in [6.07, 6.45) is 2.11. The Hall–Kier alpha value is -2.37. The van der Waals surface area contributed by atoms with E-state index in [0.29, 0.717) is 12.0 Å². The number of ether oxygens (including phenoxy) is 1. The Morgan fingerprint density at radius 3 is 2.52 bits per heavy atom. The van der Waals surface area contributed by atoms with E-state index in [9.17, 15) is 19.5 Å². The number of carboxylic acids is 1. The Morgan fingerprint density at radius 1 is 1.22 bits per heavy atom. The van der Waals surface area contributed by atoms with Crippen LogP contribution in [0.15, 0.2) is 30.3 Å². The van der Waals surface area contributed by atoms with E-state index in [1.807, 2.05) is 0 Å². The third kappa shape index (κ3) is 2.29. The Balaban J connectivity index is 1.99. The van der Waals surface area contributed by atoms with Gasteiger partial charge in [-0.3, -0.25) is 9.59 Å². The first-order valence-electron chi connectivity index (χ1n) is 7.69. The van der Waals surface area contributed by atoms with Gasteiger partial charge in [-0.1, -0.05) is 18.2 Å². The maximum absolute atomic E-state index is 12.6. The minimum absolute atomic E-state index is 0.104. The molecule has 0 aromatic heterocycles. The summed E-state index contributed by atoms with van der Waals surface area (Å²) in [5, 5.41) is 12.4. The summed E-state index contributed by atoms with van der Waals surface area (Å²) < 4.78 is 4.89. The number of carbonyl (C=O) groups excluding carboxylic acids is 2. The Kier molecular flexibility index (Phi) is 3.83. The second-order valence-corrected chi connectivity index (χ2v) is 6.27. The average Bonchev–Trinajstić information content (AvgIpc) is 3.14.